The van der Waals surface area contributed by atoms with Gasteiger partial charge >= 0.3 is 13.8 Å². The van der Waals surface area contributed by atoms with Crippen molar-refractivity contribution in [3.8, 4) is 0 Å². The number of carbonyl (C=O) groups is 1. The fraction of sp³-hybridized carbons (Fsp3) is 0.300. The van der Waals surface area contributed by atoms with Gasteiger partial charge < -0.3 is 19.6 Å². The summed E-state index contributed by atoms with van der Waals surface area (Å²) < 4.78 is 19.7. The van der Waals surface area contributed by atoms with Gasteiger partial charge in [-0.1, -0.05) is 30.3 Å². The van der Waals surface area contributed by atoms with E-state index in [-0.39, 0.29) is 6.61 Å². The first-order chi connectivity index (χ1) is 8.38. The summed E-state index contributed by atoms with van der Waals surface area (Å²) in [4.78, 5) is 27.7. The molecular weight excluding hydrogens is 263 g/mol. The van der Waals surface area contributed by atoms with Crippen molar-refractivity contribution in [1.29, 1.82) is 0 Å². The molecule has 1 aromatic rings. The summed E-state index contributed by atoms with van der Waals surface area (Å²) in [5, 5.41) is 8.69. The van der Waals surface area contributed by atoms with Crippen LogP contribution in [0.25, 0.3) is 0 Å². The molecule has 0 amide bonds. The average Bonchev–Trinajstić information content (AvgIpc) is 2.27. The summed E-state index contributed by atoms with van der Waals surface area (Å²) in [5.74, 6) is -1.49. The van der Waals surface area contributed by atoms with E-state index in [2.05, 4.69) is 4.52 Å². The van der Waals surface area contributed by atoms with Crippen LogP contribution in [0.2, 0.25) is 0 Å². The van der Waals surface area contributed by atoms with Crippen molar-refractivity contribution in [2.24, 2.45) is 0 Å². The molecule has 1 rings (SSSR count). The second-order valence-corrected chi connectivity index (χ2v) is 4.62. The third-order valence-electron chi connectivity index (χ3n) is 1.92. The van der Waals surface area contributed by atoms with Crippen LogP contribution in [-0.2, 0) is 25.2 Å². The van der Waals surface area contributed by atoms with Crippen molar-refractivity contribution >= 4 is 13.8 Å². The Morgan fingerprint density at radius 3 is 2.39 bits per heavy atom. The van der Waals surface area contributed by atoms with Crippen molar-refractivity contribution in [2.75, 3.05) is 6.61 Å². The first-order valence-corrected chi connectivity index (χ1v) is 6.50. The lowest BCUT2D eigenvalue weighted by atomic mass is 10.2. The summed E-state index contributed by atoms with van der Waals surface area (Å²) >= 11 is 0. The minimum atomic E-state index is -4.85. The molecule has 0 saturated heterocycles. The molecule has 0 radical (unpaired) electrons. The van der Waals surface area contributed by atoms with Crippen LogP contribution in [0.15, 0.2) is 30.3 Å². The number of rotatable bonds is 7. The highest BCUT2D eigenvalue weighted by atomic mass is 31.2. The predicted octanol–water partition coefficient (Wildman–Crippen LogP) is 0.766. The number of aliphatic carboxylic acids is 1. The third kappa shape index (κ3) is 5.90. The van der Waals surface area contributed by atoms with E-state index < -0.39 is 26.5 Å². The fourth-order valence-corrected chi connectivity index (χ4v) is 1.65. The molecule has 7 nitrogen and oxygen atoms in total. The number of carboxylic acids is 1. The number of hydrogen-bond acceptors (Lipinski definition) is 4. The first-order valence-electron chi connectivity index (χ1n) is 4.97. The largest absolute Gasteiger partial charge is 0.479 e. The Bertz CT molecular complexity index is 427. The van der Waals surface area contributed by atoms with E-state index in [0.717, 1.165) is 5.56 Å². The SMILES string of the molecule is O=C(O)[C@H](COCc1ccccc1)OP(=O)(O)O. The zero-order chi connectivity index (χ0) is 13.6. The minimum Gasteiger partial charge on any atom is -0.479 e. The van der Waals surface area contributed by atoms with E-state index in [1.54, 1.807) is 24.3 Å². The van der Waals surface area contributed by atoms with Gasteiger partial charge in [0.2, 0.25) is 0 Å². The highest BCUT2D eigenvalue weighted by Crippen LogP contribution is 2.37. The predicted molar refractivity (Wildman–Crippen MR) is 60.7 cm³/mol. The Morgan fingerprint density at radius 2 is 1.89 bits per heavy atom. The molecule has 0 aromatic heterocycles. The summed E-state index contributed by atoms with van der Waals surface area (Å²) in [7, 11) is -4.85. The van der Waals surface area contributed by atoms with E-state index in [9.17, 15) is 9.36 Å². The van der Waals surface area contributed by atoms with Crippen molar-refractivity contribution in [2.45, 2.75) is 12.7 Å². The Morgan fingerprint density at radius 1 is 1.28 bits per heavy atom. The third-order valence-corrected chi connectivity index (χ3v) is 2.45. The molecular formula is C10H13O7P. The number of phosphoric acid groups is 1. The maximum absolute atomic E-state index is 10.7. The standard InChI is InChI=1S/C10H13O7P/c11-10(12)9(17-18(13,14)15)7-16-6-8-4-2-1-3-5-8/h1-5,9H,6-7H2,(H,11,12)(H2,13,14,15)/t9-/m0/s1. The van der Waals surface area contributed by atoms with E-state index >= 15 is 0 Å². The van der Waals surface area contributed by atoms with Gasteiger partial charge in [0.25, 0.3) is 0 Å². The van der Waals surface area contributed by atoms with Gasteiger partial charge in [0.15, 0.2) is 6.10 Å². The molecule has 1 aromatic carbocycles. The van der Waals surface area contributed by atoms with Gasteiger partial charge in [-0.25, -0.2) is 9.36 Å². The second-order valence-electron chi connectivity index (χ2n) is 3.42. The first kappa shape index (κ1) is 14.8. The van der Waals surface area contributed by atoms with Gasteiger partial charge in [-0.2, -0.15) is 0 Å². The monoisotopic (exact) mass is 276 g/mol. The smallest absolute Gasteiger partial charge is 0.470 e. The maximum atomic E-state index is 10.7. The molecule has 18 heavy (non-hydrogen) atoms. The number of hydrogen-bond donors (Lipinski definition) is 3. The van der Waals surface area contributed by atoms with Gasteiger partial charge in [0, 0.05) is 0 Å². The molecule has 0 saturated carbocycles. The average molecular weight is 276 g/mol. The highest BCUT2D eigenvalue weighted by molar-refractivity contribution is 7.46. The summed E-state index contributed by atoms with van der Waals surface area (Å²) in [6.45, 7) is -0.315. The minimum absolute atomic E-state index is 0.134. The zero-order valence-corrected chi connectivity index (χ0v) is 10.2. The normalized spacial score (nSPS) is 13.2. The van der Waals surface area contributed by atoms with Crippen LogP contribution < -0.4 is 0 Å². The van der Waals surface area contributed by atoms with E-state index in [0.29, 0.717) is 0 Å². The fourth-order valence-electron chi connectivity index (χ4n) is 1.17. The Hall–Kier alpha value is -1.24. The van der Waals surface area contributed by atoms with E-state index in [1.807, 2.05) is 6.07 Å². The Labute approximate surface area is 103 Å². The number of benzene rings is 1. The van der Waals surface area contributed by atoms with Crippen molar-refractivity contribution < 1.29 is 33.5 Å². The molecule has 8 heteroatoms. The van der Waals surface area contributed by atoms with Crippen LogP contribution in [0.4, 0.5) is 0 Å². The number of phosphoric ester groups is 1. The van der Waals surface area contributed by atoms with Crippen LogP contribution in [0.3, 0.4) is 0 Å². The molecule has 1 atom stereocenters. The van der Waals surface area contributed by atoms with Crippen LogP contribution in [-0.4, -0.2) is 33.6 Å². The topological polar surface area (TPSA) is 113 Å². The lowest BCUT2D eigenvalue weighted by molar-refractivity contribution is -0.149. The molecule has 0 aliphatic carbocycles. The van der Waals surface area contributed by atoms with Gasteiger partial charge in [0.05, 0.1) is 13.2 Å². The molecule has 0 fully saturated rings. The Kier molecular flexibility index (Phi) is 5.46. The van der Waals surface area contributed by atoms with Gasteiger partial charge in [-0.05, 0) is 5.56 Å². The lowest BCUT2D eigenvalue weighted by Crippen LogP contribution is -2.28. The molecule has 3 N–H and O–H groups in total. The van der Waals surface area contributed by atoms with Crippen LogP contribution in [0.1, 0.15) is 5.56 Å². The van der Waals surface area contributed by atoms with Crippen LogP contribution in [0, 0.1) is 0 Å². The Balaban J connectivity index is 2.44. The van der Waals surface area contributed by atoms with Gasteiger partial charge in [0.1, 0.15) is 0 Å². The molecule has 0 unspecified atom stereocenters. The summed E-state index contributed by atoms with van der Waals surface area (Å²) in [5.41, 5.74) is 0.817. The van der Waals surface area contributed by atoms with E-state index in [1.165, 1.54) is 0 Å². The summed E-state index contributed by atoms with van der Waals surface area (Å²) in [6, 6.07) is 8.96. The second kappa shape index (κ2) is 6.63. The van der Waals surface area contributed by atoms with Crippen molar-refractivity contribution in [1.82, 2.24) is 0 Å². The van der Waals surface area contributed by atoms with Crippen molar-refractivity contribution in [3.05, 3.63) is 35.9 Å². The highest BCUT2D eigenvalue weighted by Gasteiger charge is 2.28. The lowest BCUT2D eigenvalue weighted by Gasteiger charge is -2.14. The molecule has 0 aliphatic rings. The maximum Gasteiger partial charge on any atom is 0.470 e. The zero-order valence-electron chi connectivity index (χ0n) is 9.30. The van der Waals surface area contributed by atoms with Crippen molar-refractivity contribution in [3.63, 3.8) is 0 Å². The van der Waals surface area contributed by atoms with E-state index in [4.69, 9.17) is 19.6 Å². The number of ether oxygens (including phenoxy) is 1. The number of carboxylic acid groups (broad SMARTS) is 1. The molecule has 0 aliphatic heterocycles. The molecule has 0 spiro atoms. The van der Waals surface area contributed by atoms with Gasteiger partial charge in [-0.15, -0.1) is 0 Å². The van der Waals surface area contributed by atoms with Crippen LogP contribution in [0.5, 0.6) is 0 Å². The summed E-state index contributed by atoms with van der Waals surface area (Å²) in [6.07, 6.45) is -1.70. The van der Waals surface area contributed by atoms with Gasteiger partial charge in [-0.3, -0.25) is 4.52 Å². The molecule has 0 heterocycles. The quantitative estimate of drug-likeness (QED) is 0.630. The van der Waals surface area contributed by atoms with Crippen LogP contribution >= 0.6 is 7.82 Å². The molecule has 0 bridgehead atoms. The molecule has 100 valence electrons.